The largest absolute Gasteiger partial charge is 0.493 e. The minimum atomic E-state index is -4.25. The van der Waals surface area contributed by atoms with E-state index < -0.39 is 28.5 Å². The van der Waals surface area contributed by atoms with Crippen LogP contribution < -0.4 is 19.1 Å². The number of carbonyl (C=O) groups is 2. The first kappa shape index (κ1) is 32.5. The average molecular weight is 596 g/mol. The number of methoxy groups -OCH3 is 2. The molecule has 0 aliphatic rings. The normalized spacial score (nSPS) is 12.6. The van der Waals surface area contributed by atoms with Gasteiger partial charge in [0.2, 0.25) is 11.8 Å². The van der Waals surface area contributed by atoms with Gasteiger partial charge in [0.25, 0.3) is 10.0 Å². The molecule has 0 aliphatic carbocycles. The molecular formula is C32H41N3O6S. The van der Waals surface area contributed by atoms with Crippen LogP contribution in [-0.2, 0) is 26.2 Å². The zero-order chi connectivity index (χ0) is 31.0. The third kappa shape index (κ3) is 7.82. The summed E-state index contributed by atoms with van der Waals surface area (Å²) in [6.07, 6.45) is 0.731. The van der Waals surface area contributed by atoms with Gasteiger partial charge in [0.05, 0.1) is 24.8 Å². The van der Waals surface area contributed by atoms with E-state index in [0.29, 0.717) is 11.4 Å². The Labute approximate surface area is 249 Å². The lowest BCUT2D eigenvalue weighted by atomic mass is 10.1. The van der Waals surface area contributed by atoms with Gasteiger partial charge in [0.15, 0.2) is 11.5 Å². The second kappa shape index (κ2) is 14.2. The summed E-state index contributed by atoms with van der Waals surface area (Å²) >= 11 is 0. The highest BCUT2D eigenvalue weighted by molar-refractivity contribution is 7.92. The van der Waals surface area contributed by atoms with E-state index in [1.54, 1.807) is 31.2 Å². The Bertz CT molecular complexity index is 1470. The van der Waals surface area contributed by atoms with E-state index >= 15 is 0 Å². The molecule has 3 rings (SSSR count). The lowest BCUT2D eigenvalue weighted by Crippen LogP contribution is -2.52. The SMILES string of the molecule is CC[C@H](C)NC(=O)[C@H](C)N(Cc1ccc(C)cc1)C(=O)CN(c1ccc(C)cc1)S(=O)(=O)c1ccc(OC)c(OC)c1. The first-order valence-corrected chi connectivity index (χ1v) is 15.3. The topological polar surface area (TPSA) is 105 Å². The van der Waals surface area contributed by atoms with E-state index in [2.05, 4.69) is 5.32 Å². The van der Waals surface area contributed by atoms with Crippen molar-refractivity contribution in [1.29, 1.82) is 0 Å². The van der Waals surface area contributed by atoms with Crippen molar-refractivity contribution in [3.8, 4) is 11.5 Å². The van der Waals surface area contributed by atoms with Crippen molar-refractivity contribution in [1.82, 2.24) is 10.2 Å². The van der Waals surface area contributed by atoms with Crippen molar-refractivity contribution in [3.05, 3.63) is 83.4 Å². The van der Waals surface area contributed by atoms with Crippen molar-refractivity contribution in [2.75, 3.05) is 25.1 Å². The first-order chi connectivity index (χ1) is 19.9. The van der Waals surface area contributed by atoms with Crippen LogP contribution in [-0.4, -0.2) is 58.0 Å². The standard InChI is InChI=1S/C32H41N3O6S/c1-8-24(4)33-32(37)25(5)34(20-26-13-9-22(2)10-14-26)31(36)21-35(27-15-11-23(3)12-16-27)42(38,39)28-17-18-29(40-6)30(19-28)41-7/h9-19,24-25H,8,20-21H2,1-7H3,(H,33,37)/t24-,25-/m0/s1. The molecule has 3 aromatic rings. The van der Waals surface area contributed by atoms with Gasteiger partial charge < -0.3 is 19.7 Å². The van der Waals surface area contributed by atoms with Crippen molar-refractivity contribution >= 4 is 27.5 Å². The summed E-state index contributed by atoms with van der Waals surface area (Å²) in [5.74, 6) is -0.216. The molecule has 10 heteroatoms. The number of carbonyl (C=O) groups excluding carboxylic acids is 2. The molecule has 0 bridgehead atoms. The predicted molar refractivity (Wildman–Crippen MR) is 164 cm³/mol. The smallest absolute Gasteiger partial charge is 0.264 e. The van der Waals surface area contributed by atoms with Crippen molar-refractivity contribution in [2.45, 2.75) is 64.6 Å². The van der Waals surface area contributed by atoms with Gasteiger partial charge in [-0.15, -0.1) is 0 Å². The van der Waals surface area contributed by atoms with Crippen LogP contribution in [0.25, 0.3) is 0 Å². The second-order valence-corrected chi connectivity index (χ2v) is 12.2. The molecule has 0 aromatic heterocycles. The summed E-state index contributed by atoms with van der Waals surface area (Å²) in [7, 11) is -1.37. The molecule has 0 radical (unpaired) electrons. The number of aryl methyl sites for hydroxylation is 2. The summed E-state index contributed by atoms with van der Waals surface area (Å²) in [5, 5.41) is 2.94. The van der Waals surface area contributed by atoms with Gasteiger partial charge in [-0.05, 0) is 63.9 Å². The minimum absolute atomic E-state index is 0.0684. The van der Waals surface area contributed by atoms with Gasteiger partial charge in [-0.2, -0.15) is 0 Å². The minimum Gasteiger partial charge on any atom is -0.493 e. The summed E-state index contributed by atoms with van der Waals surface area (Å²) in [4.78, 5) is 28.6. The summed E-state index contributed by atoms with van der Waals surface area (Å²) in [5.41, 5.74) is 3.13. The van der Waals surface area contributed by atoms with E-state index in [0.717, 1.165) is 27.4 Å². The number of anilines is 1. The number of ether oxygens (including phenoxy) is 2. The summed E-state index contributed by atoms with van der Waals surface area (Å²) < 4.78 is 39.9. The van der Waals surface area contributed by atoms with Crippen LogP contribution in [0.15, 0.2) is 71.6 Å². The fraction of sp³-hybridized carbons (Fsp3) is 0.375. The van der Waals surface area contributed by atoms with Crippen LogP contribution in [0.1, 0.15) is 43.9 Å². The molecular weight excluding hydrogens is 554 g/mol. The third-order valence-electron chi connectivity index (χ3n) is 7.19. The van der Waals surface area contributed by atoms with Crippen LogP contribution in [0.2, 0.25) is 0 Å². The number of hydrogen-bond acceptors (Lipinski definition) is 6. The van der Waals surface area contributed by atoms with Gasteiger partial charge in [-0.25, -0.2) is 8.42 Å². The molecule has 0 aliphatic heterocycles. The fourth-order valence-corrected chi connectivity index (χ4v) is 5.71. The first-order valence-electron chi connectivity index (χ1n) is 13.9. The van der Waals surface area contributed by atoms with Gasteiger partial charge in [-0.1, -0.05) is 54.4 Å². The molecule has 0 fully saturated rings. The van der Waals surface area contributed by atoms with Crippen molar-refractivity contribution in [3.63, 3.8) is 0 Å². The Balaban J connectivity index is 2.06. The molecule has 0 spiro atoms. The Morgan fingerprint density at radius 1 is 0.857 bits per heavy atom. The molecule has 9 nitrogen and oxygen atoms in total. The second-order valence-electron chi connectivity index (χ2n) is 10.4. The number of benzene rings is 3. The Morgan fingerprint density at radius 3 is 1.98 bits per heavy atom. The van der Waals surface area contributed by atoms with Gasteiger partial charge in [0, 0.05) is 18.7 Å². The molecule has 0 heterocycles. The van der Waals surface area contributed by atoms with E-state index in [4.69, 9.17) is 9.47 Å². The van der Waals surface area contributed by atoms with Crippen LogP contribution in [0.4, 0.5) is 5.69 Å². The zero-order valence-electron chi connectivity index (χ0n) is 25.4. The predicted octanol–water partition coefficient (Wildman–Crippen LogP) is 4.85. The lowest BCUT2D eigenvalue weighted by molar-refractivity contribution is -0.139. The van der Waals surface area contributed by atoms with Crippen molar-refractivity contribution in [2.24, 2.45) is 0 Å². The number of sulfonamides is 1. The molecule has 2 atom stereocenters. The van der Waals surface area contributed by atoms with Gasteiger partial charge in [0.1, 0.15) is 12.6 Å². The number of nitrogens with zero attached hydrogens (tertiary/aromatic N) is 2. The maximum absolute atomic E-state index is 14.1. The maximum atomic E-state index is 14.1. The highest BCUT2D eigenvalue weighted by Gasteiger charge is 2.33. The number of amides is 2. The highest BCUT2D eigenvalue weighted by Crippen LogP contribution is 2.32. The number of nitrogens with one attached hydrogen (secondary N) is 1. The molecule has 226 valence electrons. The van der Waals surface area contributed by atoms with Crippen LogP contribution >= 0.6 is 0 Å². The fourth-order valence-electron chi connectivity index (χ4n) is 4.28. The lowest BCUT2D eigenvalue weighted by Gasteiger charge is -2.32. The quantitative estimate of drug-likeness (QED) is 0.303. The number of hydrogen-bond donors (Lipinski definition) is 1. The zero-order valence-corrected chi connectivity index (χ0v) is 26.2. The summed E-state index contributed by atoms with van der Waals surface area (Å²) in [6, 6.07) is 17.9. The van der Waals surface area contributed by atoms with Crippen LogP contribution in [0.5, 0.6) is 11.5 Å². The Kier molecular flexibility index (Phi) is 11.0. The number of rotatable bonds is 13. The Hall–Kier alpha value is -4.05. The average Bonchev–Trinajstić information content (AvgIpc) is 2.98. The van der Waals surface area contributed by atoms with Gasteiger partial charge in [-0.3, -0.25) is 13.9 Å². The molecule has 1 N–H and O–H groups in total. The Morgan fingerprint density at radius 2 is 1.43 bits per heavy atom. The van der Waals surface area contributed by atoms with Crippen molar-refractivity contribution < 1.29 is 27.5 Å². The van der Waals surface area contributed by atoms with Crippen LogP contribution in [0, 0.1) is 13.8 Å². The highest BCUT2D eigenvalue weighted by atomic mass is 32.2. The van der Waals surface area contributed by atoms with E-state index in [1.165, 1.54) is 37.3 Å². The summed E-state index contributed by atoms with van der Waals surface area (Å²) in [6.45, 7) is 8.98. The maximum Gasteiger partial charge on any atom is 0.264 e. The molecule has 0 saturated heterocycles. The van der Waals surface area contributed by atoms with E-state index in [-0.39, 0.29) is 29.1 Å². The molecule has 3 aromatic carbocycles. The van der Waals surface area contributed by atoms with Gasteiger partial charge >= 0.3 is 0 Å². The van der Waals surface area contributed by atoms with E-state index in [1.807, 2.05) is 52.0 Å². The monoisotopic (exact) mass is 595 g/mol. The molecule has 2 amide bonds. The molecule has 0 saturated carbocycles. The molecule has 0 unspecified atom stereocenters. The third-order valence-corrected chi connectivity index (χ3v) is 8.96. The van der Waals surface area contributed by atoms with E-state index in [9.17, 15) is 18.0 Å². The molecule has 42 heavy (non-hydrogen) atoms. The van der Waals surface area contributed by atoms with Crippen LogP contribution in [0.3, 0.4) is 0 Å².